The number of hydrogen-bond donors (Lipinski definition) is 2. The molecule has 0 aliphatic heterocycles. The van der Waals surface area contributed by atoms with Crippen molar-refractivity contribution in [1.82, 2.24) is 0 Å². The third-order valence-electron chi connectivity index (χ3n) is 3.63. The summed E-state index contributed by atoms with van der Waals surface area (Å²) in [5, 5.41) is 7.38. The standard InChI is InChI=1S/C20H18N2O/c21-20(22)18-8-6-15(7-9-18)14-23-19-12-10-17(11-13-19)16-4-2-1-3-5-16/h1-13H,14H2,(H3,21,22). The summed E-state index contributed by atoms with van der Waals surface area (Å²) in [5.41, 5.74) is 9.57. The van der Waals surface area contributed by atoms with Crippen LogP contribution in [-0.2, 0) is 6.61 Å². The number of rotatable bonds is 5. The minimum atomic E-state index is 0.0777. The van der Waals surface area contributed by atoms with Gasteiger partial charge >= 0.3 is 0 Å². The Bertz CT molecular complexity index is 778. The zero-order valence-corrected chi connectivity index (χ0v) is 12.7. The van der Waals surface area contributed by atoms with E-state index in [0.29, 0.717) is 6.61 Å². The molecule has 0 atom stereocenters. The molecule has 0 aliphatic carbocycles. The Hall–Kier alpha value is -3.07. The normalized spacial score (nSPS) is 10.3. The summed E-state index contributed by atoms with van der Waals surface area (Å²) in [4.78, 5) is 0. The molecule has 0 aliphatic rings. The van der Waals surface area contributed by atoms with E-state index >= 15 is 0 Å². The lowest BCUT2D eigenvalue weighted by Gasteiger charge is -2.08. The average Bonchev–Trinajstić information content (AvgIpc) is 2.61. The highest BCUT2D eigenvalue weighted by Crippen LogP contribution is 2.22. The maximum absolute atomic E-state index is 7.38. The van der Waals surface area contributed by atoms with Crippen LogP contribution in [0.2, 0.25) is 0 Å². The third kappa shape index (κ3) is 3.77. The summed E-state index contributed by atoms with van der Waals surface area (Å²) >= 11 is 0. The van der Waals surface area contributed by atoms with E-state index in [2.05, 4.69) is 24.3 Å². The Morgan fingerprint density at radius 2 is 1.39 bits per heavy atom. The van der Waals surface area contributed by atoms with Gasteiger partial charge in [-0.3, -0.25) is 5.41 Å². The van der Waals surface area contributed by atoms with Gasteiger partial charge in [0.15, 0.2) is 0 Å². The van der Waals surface area contributed by atoms with Crippen LogP contribution in [0.15, 0.2) is 78.9 Å². The molecule has 3 aromatic rings. The van der Waals surface area contributed by atoms with E-state index in [0.717, 1.165) is 16.9 Å². The predicted molar refractivity (Wildman–Crippen MR) is 93.7 cm³/mol. The molecule has 3 rings (SSSR count). The highest BCUT2D eigenvalue weighted by molar-refractivity contribution is 5.94. The van der Waals surface area contributed by atoms with Gasteiger partial charge < -0.3 is 10.5 Å². The molecule has 0 spiro atoms. The van der Waals surface area contributed by atoms with E-state index in [1.807, 2.05) is 54.6 Å². The molecular formula is C20H18N2O. The van der Waals surface area contributed by atoms with Crippen molar-refractivity contribution in [3.8, 4) is 16.9 Å². The number of nitrogens with one attached hydrogen (secondary N) is 1. The van der Waals surface area contributed by atoms with Crippen LogP contribution < -0.4 is 10.5 Å². The molecule has 0 saturated heterocycles. The Morgan fingerprint density at radius 3 is 2.00 bits per heavy atom. The number of ether oxygens (including phenoxy) is 1. The van der Waals surface area contributed by atoms with Gasteiger partial charge in [0.05, 0.1) is 0 Å². The summed E-state index contributed by atoms with van der Waals surface area (Å²) < 4.78 is 5.80. The van der Waals surface area contributed by atoms with Gasteiger partial charge in [0.25, 0.3) is 0 Å². The Kier molecular flexibility index (Phi) is 4.39. The van der Waals surface area contributed by atoms with Gasteiger partial charge in [-0.15, -0.1) is 0 Å². The third-order valence-corrected chi connectivity index (χ3v) is 3.63. The summed E-state index contributed by atoms with van der Waals surface area (Å²) in [6, 6.07) is 25.8. The molecule has 114 valence electrons. The molecule has 3 heteroatoms. The SMILES string of the molecule is N=C(N)c1ccc(COc2ccc(-c3ccccc3)cc2)cc1. The van der Waals surface area contributed by atoms with Crippen LogP contribution in [0.1, 0.15) is 11.1 Å². The van der Waals surface area contributed by atoms with Gasteiger partial charge in [-0.05, 0) is 28.8 Å². The van der Waals surface area contributed by atoms with Gasteiger partial charge in [0, 0.05) is 5.56 Å². The van der Waals surface area contributed by atoms with E-state index in [1.54, 1.807) is 0 Å². The highest BCUT2D eigenvalue weighted by atomic mass is 16.5. The molecular weight excluding hydrogens is 284 g/mol. The minimum absolute atomic E-state index is 0.0777. The molecule has 0 fully saturated rings. The van der Waals surface area contributed by atoms with Gasteiger partial charge in [-0.1, -0.05) is 66.7 Å². The van der Waals surface area contributed by atoms with Gasteiger partial charge in [-0.25, -0.2) is 0 Å². The number of nitrogens with two attached hydrogens (primary N) is 1. The lowest BCUT2D eigenvalue weighted by atomic mass is 10.1. The van der Waals surface area contributed by atoms with Crippen molar-refractivity contribution >= 4 is 5.84 Å². The second-order valence-corrected chi connectivity index (χ2v) is 5.29. The van der Waals surface area contributed by atoms with E-state index in [4.69, 9.17) is 15.9 Å². The van der Waals surface area contributed by atoms with Gasteiger partial charge in [0.2, 0.25) is 0 Å². The molecule has 0 saturated carbocycles. The van der Waals surface area contributed by atoms with Crippen LogP contribution in [0.5, 0.6) is 5.75 Å². The summed E-state index contributed by atoms with van der Waals surface area (Å²) in [7, 11) is 0. The Morgan fingerprint density at radius 1 is 0.783 bits per heavy atom. The highest BCUT2D eigenvalue weighted by Gasteiger charge is 2.00. The Balaban J connectivity index is 1.63. The van der Waals surface area contributed by atoms with E-state index < -0.39 is 0 Å². The monoisotopic (exact) mass is 302 g/mol. The van der Waals surface area contributed by atoms with Crippen LogP contribution in [0, 0.1) is 5.41 Å². The van der Waals surface area contributed by atoms with Gasteiger partial charge in [-0.2, -0.15) is 0 Å². The molecule has 23 heavy (non-hydrogen) atoms. The van der Waals surface area contributed by atoms with Crippen LogP contribution in [-0.4, -0.2) is 5.84 Å². The number of amidine groups is 1. The first kappa shape index (κ1) is 14.9. The lowest BCUT2D eigenvalue weighted by Crippen LogP contribution is -2.10. The smallest absolute Gasteiger partial charge is 0.122 e. The number of nitrogen functional groups attached to an aromatic ring is 1. The quantitative estimate of drug-likeness (QED) is 0.547. The van der Waals surface area contributed by atoms with Crippen molar-refractivity contribution in [2.45, 2.75) is 6.61 Å². The fourth-order valence-corrected chi connectivity index (χ4v) is 2.32. The zero-order chi connectivity index (χ0) is 16.1. The molecule has 0 amide bonds. The van der Waals surface area contributed by atoms with Crippen LogP contribution >= 0.6 is 0 Å². The molecule has 3 aromatic carbocycles. The van der Waals surface area contributed by atoms with Crippen LogP contribution in [0.25, 0.3) is 11.1 Å². The second kappa shape index (κ2) is 6.79. The molecule has 0 bridgehead atoms. The van der Waals surface area contributed by atoms with Crippen molar-refractivity contribution in [3.63, 3.8) is 0 Å². The lowest BCUT2D eigenvalue weighted by molar-refractivity contribution is 0.306. The average molecular weight is 302 g/mol. The first-order valence-electron chi connectivity index (χ1n) is 7.44. The number of benzene rings is 3. The minimum Gasteiger partial charge on any atom is -0.489 e. The Labute approximate surface area is 135 Å². The van der Waals surface area contributed by atoms with Crippen molar-refractivity contribution < 1.29 is 4.74 Å². The molecule has 0 aromatic heterocycles. The zero-order valence-electron chi connectivity index (χ0n) is 12.7. The molecule has 3 nitrogen and oxygen atoms in total. The van der Waals surface area contributed by atoms with E-state index in [1.165, 1.54) is 11.1 Å². The summed E-state index contributed by atoms with van der Waals surface area (Å²) in [5.74, 6) is 0.911. The first-order valence-corrected chi connectivity index (χ1v) is 7.44. The topological polar surface area (TPSA) is 59.1 Å². The maximum Gasteiger partial charge on any atom is 0.122 e. The van der Waals surface area contributed by atoms with E-state index in [9.17, 15) is 0 Å². The first-order chi connectivity index (χ1) is 11.2. The van der Waals surface area contributed by atoms with Gasteiger partial charge in [0.1, 0.15) is 18.2 Å². The predicted octanol–water partition coefficient (Wildman–Crippen LogP) is 4.22. The second-order valence-electron chi connectivity index (χ2n) is 5.29. The summed E-state index contributed by atoms with van der Waals surface area (Å²) in [6.45, 7) is 0.489. The fraction of sp³-hybridized carbons (Fsp3) is 0.0500. The summed E-state index contributed by atoms with van der Waals surface area (Å²) in [6.07, 6.45) is 0. The fourth-order valence-electron chi connectivity index (χ4n) is 2.32. The van der Waals surface area contributed by atoms with Crippen molar-refractivity contribution in [3.05, 3.63) is 90.0 Å². The molecule has 3 N–H and O–H groups in total. The number of hydrogen-bond acceptors (Lipinski definition) is 2. The van der Waals surface area contributed by atoms with Crippen molar-refractivity contribution in [2.24, 2.45) is 5.73 Å². The molecule has 0 heterocycles. The largest absolute Gasteiger partial charge is 0.489 e. The molecule has 0 radical (unpaired) electrons. The molecule has 0 unspecified atom stereocenters. The maximum atomic E-state index is 7.38. The van der Waals surface area contributed by atoms with E-state index in [-0.39, 0.29) is 5.84 Å². The van der Waals surface area contributed by atoms with Crippen LogP contribution in [0.3, 0.4) is 0 Å². The van der Waals surface area contributed by atoms with Crippen LogP contribution in [0.4, 0.5) is 0 Å². The van der Waals surface area contributed by atoms with Crippen molar-refractivity contribution in [1.29, 1.82) is 5.41 Å². The van der Waals surface area contributed by atoms with Crippen molar-refractivity contribution in [2.75, 3.05) is 0 Å².